The van der Waals surface area contributed by atoms with E-state index in [1.54, 1.807) is 0 Å². The van der Waals surface area contributed by atoms with Crippen LogP contribution in [0.2, 0.25) is 6.04 Å². The summed E-state index contributed by atoms with van der Waals surface area (Å²) in [7, 11) is -3.86. The summed E-state index contributed by atoms with van der Waals surface area (Å²) in [5, 5.41) is 8.29. The normalized spacial score (nSPS) is 11.6. The van der Waals surface area contributed by atoms with E-state index in [0.29, 0.717) is 12.8 Å². The highest BCUT2D eigenvalue weighted by Gasteiger charge is 2.25. The molecule has 0 aromatic carbocycles. The van der Waals surface area contributed by atoms with Crippen molar-refractivity contribution in [2.75, 3.05) is 0 Å². The molecule has 78 valence electrons. The average Bonchev–Trinajstić information content (AvgIpc) is 1.93. The van der Waals surface area contributed by atoms with Gasteiger partial charge in [-0.25, -0.2) is 0 Å². The molecule has 5 nitrogen and oxygen atoms in total. The van der Waals surface area contributed by atoms with Gasteiger partial charge in [0.15, 0.2) is 0 Å². The lowest BCUT2D eigenvalue weighted by Crippen LogP contribution is -2.33. The SMILES string of the molecule is O=C(O)CCCCCC[Si](O)(O)O. The van der Waals surface area contributed by atoms with Crippen molar-refractivity contribution in [3.8, 4) is 0 Å². The number of carboxylic acid groups (broad SMARTS) is 1. The van der Waals surface area contributed by atoms with E-state index in [9.17, 15) is 4.79 Å². The van der Waals surface area contributed by atoms with Crippen LogP contribution in [0, 0.1) is 0 Å². The van der Waals surface area contributed by atoms with Crippen LogP contribution in [-0.4, -0.2) is 34.3 Å². The minimum Gasteiger partial charge on any atom is -0.481 e. The fraction of sp³-hybridized carbons (Fsp3) is 0.857. The molecule has 0 rings (SSSR count). The summed E-state index contributed by atoms with van der Waals surface area (Å²) < 4.78 is 0. The molecule has 0 amide bonds. The number of hydrogen-bond acceptors (Lipinski definition) is 4. The molecule has 0 saturated carbocycles. The second-order valence-electron chi connectivity index (χ2n) is 3.08. The third-order valence-corrected chi connectivity index (χ3v) is 2.68. The van der Waals surface area contributed by atoms with Gasteiger partial charge in [0, 0.05) is 12.5 Å². The molecule has 0 saturated heterocycles. The van der Waals surface area contributed by atoms with Crippen molar-refractivity contribution in [1.82, 2.24) is 0 Å². The quantitative estimate of drug-likeness (QED) is 0.347. The fourth-order valence-corrected chi connectivity index (χ4v) is 1.72. The van der Waals surface area contributed by atoms with Gasteiger partial charge in [0.05, 0.1) is 0 Å². The van der Waals surface area contributed by atoms with Crippen LogP contribution in [0.15, 0.2) is 0 Å². The molecular formula is C7H16O5Si. The maximum atomic E-state index is 10.1. The summed E-state index contributed by atoms with van der Waals surface area (Å²) in [6.07, 6.45) is 2.77. The third kappa shape index (κ3) is 11.6. The number of carbonyl (C=O) groups is 1. The first-order valence-corrected chi connectivity index (χ1v) is 6.35. The third-order valence-electron chi connectivity index (χ3n) is 1.65. The molecule has 13 heavy (non-hydrogen) atoms. The molecule has 0 aliphatic carbocycles. The Hall–Kier alpha value is -0.433. The standard InChI is InChI=1S/C7H16O5Si/c8-7(9)5-3-1-2-4-6-13(10,11)12/h10-12H,1-6H2,(H,8,9). The summed E-state index contributed by atoms with van der Waals surface area (Å²) in [5.41, 5.74) is 0. The van der Waals surface area contributed by atoms with Gasteiger partial charge < -0.3 is 19.5 Å². The highest BCUT2D eigenvalue weighted by Crippen LogP contribution is 2.09. The minimum atomic E-state index is -3.86. The molecule has 0 unspecified atom stereocenters. The zero-order valence-corrected chi connectivity index (χ0v) is 8.44. The molecule has 0 atom stereocenters. The molecule has 0 bridgehead atoms. The van der Waals surface area contributed by atoms with Gasteiger partial charge in [0.25, 0.3) is 0 Å². The topological polar surface area (TPSA) is 98.0 Å². The van der Waals surface area contributed by atoms with Crippen molar-refractivity contribution in [1.29, 1.82) is 0 Å². The number of carboxylic acids is 1. The maximum absolute atomic E-state index is 10.1. The Morgan fingerprint density at radius 1 is 1.00 bits per heavy atom. The number of rotatable bonds is 7. The molecule has 4 N–H and O–H groups in total. The minimum absolute atomic E-state index is 0.0417. The molecular weight excluding hydrogens is 192 g/mol. The van der Waals surface area contributed by atoms with Crippen LogP contribution >= 0.6 is 0 Å². The summed E-state index contributed by atoms with van der Waals surface area (Å²) in [5.74, 6) is -0.810. The van der Waals surface area contributed by atoms with E-state index < -0.39 is 14.8 Å². The smallest absolute Gasteiger partial charge is 0.481 e. The largest absolute Gasteiger partial charge is 0.492 e. The molecule has 0 spiro atoms. The van der Waals surface area contributed by atoms with Gasteiger partial charge >= 0.3 is 14.8 Å². The Bertz CT molecular complexity index is 153. The Morgan fingerprint density at radius 2 is 1.54 bits per heavy atom. The fourth-order valence-electron chi connectivity index (χ4n) is 0.992. The molecule has 0 aromatic rings. The molecule has 6 heteroatoms. The Kier molecular flexibility index (Phi) is 5.88. The van der Waals surface area contributed by atoms with Crippen LogP contribution in [0.25, 0.3) is 0 Å². The highest BCUT2D eigenvalue weighted by atomic mass is 28.4. The first kappa shape index (κ1) is 12.6. The highest BCUT2D eigenvalue weighted by molar-refractivity contribution is 6.56. The molecule has 0 radical (unpaired) electrons. The van der Waals surface area contributed by atoms with Crippen molar-refractivity contribution in [3.05, 3.63) is 0 Å². The van der Waals surface area contributed by atoms with Crippen LogP contribution in [0.5, 0.6) is 0 Å². The predicted molar refractivity (Wildman–Crippen MR) is 47.9 cm³/mol. The van der Waals surface area contributed by atoms with Gasteiger partial charge in [-0.15, -0.1) is 0 Å². The van der Waals surface area contributed by atoms with E-state index in [1.807, 2.05) is 0 Å². The predicted octanol–water partition coefficient (Wildman–Crippen LogP) is -0.0627. The second-order valence-corrected chi connectivity index (χ2v) is 5.13. The van der Waals surface area contributed by atoms with Gasteiger partial charge in [-0.1, -0.05) is 12.8 Å². The maximum Gasteiger partial charge on any atom is 0.492 e. The molecule has 0 aliphatic rings. The van der Waals surface area contributed by atoms with E-state index in [1.165, 1.54) is 0 Å². The van der Waals surface area contributed by atoms with Crippen molar-refractivity contribution in [3.63, 3.8) is 0 Å². The van der Waals surface area contributed by atoms with Crippen molar-refractivity contribution in [2.45, 2.75) is 38.1 Å². The molecule has 0 aromatic heterocycles. The van der Waals surface area contributed by atoms with Gasteiger partial charge in [-0.3, -0.25) is 4.79 Å². The lowest BCUT2D eigenvalue weighted by molar-refractivity contribution is -0.137. The van der Waals surface area contributed by atoms with Crippen LogP contribution in [0.3, 0.4) is 0 Å². The first-order valence-electron chi connectivity index (χ1n) is 4.31. The van der Waals surface area contributed by atoms with Crippen molar-refractivity contribution < 1.29 is 24.3 Å². The average molecular weight is 208 g/mol. The van der Waals surface area contributed by atoms with E-state index >= 15 is 0 Å². The second kappa shape index (κ2) is 6.09. The Balaban J connectivity index is 3.13. The Morgan fingerprint density at radius 3 is 2.00 bits per heavy atom. The monoisotopic (exact) mass is 208 g/mol. The lowest BCUT2D eigenvalue weighted by Gasteiger charge is -2.07. The van der Waals surface area contributed by atoms with Gasteiger partial charge in [0.2, 0.25) is 0 Å². The van der Waals surface area contributed by atoms with Crippen LogP contribution in [-0.2, 0) is 4.79 Å². The van der Waals surface area contributed by atoms with Gasteiger partial charge in [-0.05, 0) is 12.8 Å². The Labute approximate surface area is 78.0 Å². The number of unbranched alkanes of at least 4 members (excludes halogenated alkanes) is 3. The zero-order chi connectivity index (χ0) is 10.3. The summed E-state index contributed by atoms with van der Waals surface area (Å²) >= 11 is 0. The first-order chi connectivity index (χ1) is 5.92. The van der Waals surface area contributed by atoms with E-state index in [2.05, 4.69) is 0 Å². The van der Waals surface area contributed by atoms with E-state index in [0.717, 1.165) is 12.8 Å². The van der Waals surface area contributed by atoms with Crippen molar-refractivity contribution in [2.24, 2.45) is 0 Å². The molecule has 0 fully saturated rings. The van der Waals surface area contributed by atoms with Crippen molar-refractivity contribution >= 4 is 14.8 Å². The van der Waals surface area contributed by atoms with Crippen LogP contribution in [0.1, 0.15) is 32.1 Å². The van der Waals surface area contributed by atoms with Gasteiger partial charge in [-0.2, -0.15) is 0 Å². The zero-order valence-electron chi connectivity index (χ0n) is 7.44. The molecule has 0 heterocycles. The van der Waals surface area contributed by atoms with Crippen LogP contribution < -0.4 is 0 Å². The number of hydrogen-bond donors (Lipinski definition) is 4. The van der Waals surface area contributed by atoms with E-state index in [4.69, 9.17) is 19.5 Å². The molecule has 0 aliphatic heterocycles. The van der Waals surface area contributed by atoms with Gasteiger partial charge in [0.1, 0.15) is 0 Å². The number of aliphatic carboxylic acids is 1. The van der Waals surface area contributed by atoms with E-state index in [-0.39, 0.29) is 12.5 Å². The lowest BCUT2D eigenvalue weighted by atomic mass is 10.2. The summed E-state index contributed by atoms with van der Waals surface area (Å²) in [6, 6.07) is 0.0417. The van der Waals surface area contributed by atoms with Crippen LogP contribution in [0.4, 0.5) is 0 Å². The summed E-state index contributed by atoms with van der Waals surface area (Å²) in [6.45, 7) is 0. The summed E-state index contributed by atoms with van der Waals surface area (Å²) in [4.78, 5) is 35.9.